The van der Waals surface area contributed by atoms with Crippen LogP contribution < -0.4 is 0 Å². The summed E-state index contributed by atoms with van der Waals surface area (Å²) < 4.78 is 0. The summed E-state index contributed by atoms with van der Waals surface area (Å²) in [7, 11) is 0. The van der Waals surface area contributed by atoms with Crippen molar-refractivity contribution >= 4 is 17.7 Å². The molecule has 1 fully saturated rings. The van der Waals surface area contributed by atoms with Crippen LogP contribution in [0.1, 0.15) is 32.6 Å². The molecule has 0 radical (unpaired) electrons. The van der Waals surface area contributed by atoms with Crippen LogP contribution in [-0.2, 0) is 4.79 Å². The molecule has 1 saturated heterocycles. The Balaban J connectivity index is 2.11. The molecule has 0 aromatic rings. The minimum absolute atomic E-state index is 0.161. The zero-order valence-corrected chi connectivity index (χ0v) is 8.27. The second-order valence-electron chi connectivity index (χ2n) is 3.45. The average molecular weight is 188 g/mol. The van der Waals surface area contributed by atoms with Crippen LogP contribution in [0.5, 0.6) is 0 Å². The molecule has 1 heterocycles. The van der Waals surface area contributed by atoms with Crippen LogP contribution in [0.3, 0.4) is 0 Å². The van der Waals surface area contributed by atoms with Gasteiger partial charge in [-0.15, -0.1) is 0 Å². The van der Waals surface area contributed by atoms with Gasteiger partial charge >= 0.3 is 5.97 Å². The molecule has 0 bridgehead atoms. The fourth-order valence-electron chi connectivity index (χ4n) is 1.43. The predicted molar refractivity (Wildman–Crippen MR) is 51.5 cm³/mol. The number of thioether (sulfide) groups is 1. The lowest BCUT2D eigenvalue weighted by atomic mass is 10.0. The number of carboxylic acid groups (broad SMARTS) is 1. The molecule has 12 heavy (non-hydrogen) atoms. The Morgan fingerprint density at radius 3 is 3.00 bits per heavy atom. The second kappa shape index (κ2) is 4.75. The van der Waals surface area contributed by atoms with E-state index in [2.05, 4.69) is 0 Å². The Kier molecular flexibility index (Phi) is 3.92. The minimum atomic E-state index is -0.655. The van der Waals surface area contributed by atoms with E-state index in [0.717, 1.165) is 18.1 Å². The minimum Gasteiger partial charge on any atom is -0.481 e. The molecular formula is C9H16O2S. The maximum atomic E-state index is 10.5. The van der Waals surface area contributed by atoms with Crippen molar-refractivity contribution in [1.82, 2.24) is 0 Å². The standard InChI is InChI=1S/C9H16O2S/c1-7(9(10)11)4-5-8-3-2-6-12-8/h7-8H,2-6H2,1H3,(H,10,11). The lowest BCUT2D eigenvalue weighted by Crippen LogP contribution is -2.11. The molecule has 0 amide bonds. The number of carboxylic acids is 1. The van der Waals surface area contributed by atoms with Crippen LogP contribution in [0.15, 0.2) is 0 Å². The highest BCUT2D eigenvalue weighted by atomic mass is 32.2. The van der Waals surface area contributed by atoms with Crippen molar-refractivity contribution in [3.63, 3.8) is 0 Å². The van der Waals surface area contributed by atoms with Crippen LogP contribution in [-0.4, -0.2) is 22.1 Å². The van der Waals surface area contributed by atoms with Gasteiger partial charge < -0.3 is 5.11 Å². The molecule has 0 saturated carbocycles. The lowest BCUT2D eigenvalue weighted by Gasteiger charge is -2.09. The molecular weight excluding hydrogens is 172 g/mol. The van der Waals surface area contributed by atoms with Crippen LogP contribution in [0, 0.1) is 5.92 Å². The van der Waals surface area contributed by atoms with E-state index in [0.29, 0.717) is 0 Å². The van der Waals surface area contributed by atoms with Gasteiger partial charge in [0.2, 0.25) is 0 Å². The molecule has 0 aliphatic carbocycles. The van der Waals surface area contributed by atoms with Gasteiger partial charge in [0, 0.05) is 5.25 Å². The third-order valence-corrected chi connectivity index (χ3v) is 3.83. The lowest BCUT2D eigenvalue weighted by molar-refractivity contribution is -0.141. The molecule has 2 nitrogen and oxygen atoms in total. The summed E-state index contributed by atoms with van der Waals surface area (Å²) in [4.78, 5) is 10.5. The number of aliphatic carboxylic acids is 1. The summed E-state index contributed by atoms with van der Waals surface area (Å²) in [5, 5.41) is 9.39. The molecule has 1 rings (SSSR count). The first-order valence-corrected chi connectivity index (χ1v) is 5.59. The van der Waals surface area contributed by atoms with Crippen molar-refractivity contribution in [3.8, 4) is 0 Å². The van der Waals surface area contributed by atoms with Crippen LogP contribution in [0.2, 0.25) is 0 Å². The topological polar surface area (TPSA) is 37.3 Å². The van der Waals surface area contributed by atoms with Gasteiger partial charge in [0.25, 0.3) is 0 Å². The van der Waals surface area contributed by atoms with Gasteiger partial charge in [-0.2, -0.15) is 11.8 Å². The summed E-state index contributed by atoms with van der Waals surface area (Å²) >= 11 is 2.00. The van der Waals surface area contributed by atoms with E-state index >= 15 is 0 Å². The number of rotatable bonds is 4. The summed E-state index contributed by atoms with van der Waals surface area (Å²) in [6.07, 6.45) is 4.53. The molecule has 0 spiro atoms. The first-order valence-electron chi connectivity index (χ1n) is 4.54. The molecule has 2 unspecified atom stereocenters. The van der Waals surface area contributed by atoms with Crippen molar-refractivity contribution in [2.75, 3.05) is 5.75 Å². The highest BCUT2D eigenvalue weighted by Crippen LogP contribution is 2.30. The smallest absolute Gasteiger partial charge is 0.306 e. The normalized spacial score (nSPS) is 25.6. The van der Waals surface area contributed by atoms with Crippen LogP contribution in [0.4, 0.5) is 0 Å². The van der Waals surface area contributed by atoms with Crippen molar-refractivity contribution in [2.45, 2.75) is 37.9 Å². The fraction of sp³-hybridized carbons (Fsp3) is 0.889. The highest BCUT2D eigenvalue weighted by molar-refractivity contribution is 8.00. The highest BCUT2D eigenvalue weighted by Gasteiger charge is 2.18. The van der Waals surface area contributed by atoms with E-state index in [-0.39, 0.29) is 5.92 Å². The Morgan fingerprint density at radius 1 is 1.75 bits per heavy atom. The van der Waals surface area contributed by atoms with Crippen molar-refractivity contribution < 1.29 is 9.90 Å². The van der Waals surface area contributed by atoms with Gasteiger partial charge in [-0.1, -0.05) is 6.92 Å². The number of carbonyl (C=O) groups is 1. The van der Waals surface area contributed by atoms with Gasteiger partial charge in [-0.05, 0) is 31.4 Å². The van der Waals surface area contributed by atoms with E-state index in [1.54, 1.807) is 6.92 Å². The number of hydrogen-bond donors (Lipinski definition) is 1. The van der Waals surface area contributed by atoms with Gasteiger partial charge in [-0.3, -0.25) is 4.79 Å². The van der Waals surface area contributed by atoms with Crippen LogP contribution >= 0.6 is 11.8 Å². The van der Waals surface area contributed by atoms with Gasteiger partial charge in [0.05, 0.1) is 5.92 Å². The zero-order valence-electron chi connectivity index (χ0n) is 7.45. The van der Waals surface area contributed by atoms with Crippen molar-refractivity contribution in [2.24, 2.45) is 5.92 Å². The molecule has 3 heteroatoms. The van der Waals surface area contributed by atoms with E-state index in [1.165, 1.54) is 18.6 Å². The molecule has 1 N–H and O–H groups in total. The third-order valence-electron chi connectivity index (χ3n) is 2.37. The SMILES string of the molecule is CC(CCC1CCCS1)C(=O)O. The monoisotopic (exact) mass is 188 g/mol. The van der Waals surface area contributed by atoms with Crippen molar-refractivity contribution in [1.29, 1.82) is 0 Å². The van der Waals surface area contributed by atoms with Crippen molar-refractivity contribution in [3.05, 3.63) is 0 Å². The first kappa shape index (κ1) is 9.90. The molecule has 0 aromatic carbocycles. The third kappa shape index (κ3) is 3.05. The maximum Gasteiger partial charge on any atom is 0.306 e. The molecule has 70 valence electrons. The van der Waals surface area contributed by atoms with Gasteiger partial charge in [0.1, 0.15) is 0 Å². The molecule has 1 aliphatic heterocycles. The Hall–Kier alpha value is -0.180. The van der Waals surface area contributed by atoms with Gasteiger partial charge in [0.15, 0.2) is 0 Å². The second-order valence-corrected chi connectivity index (χ2v) is 4.86. The van der Waals surface area contributed by atoms with Gasteiger partial charge in [-0.25, -0.2) is 0 Å². The van der Waals surface area contributed by atoms with E-state index in [4.69, 9.17) is 5.11 Å². The molecule has 0 aromatic heterocycles. The Morgan fingerprint density at radius 2 is 2.50 bits per heavy atom. The largest absolute Gasteiger partial charge is 0.481 e. The van der Waals surface area contributed by atoms with E-state index < -0.39 is 5.97 Å². The summed E-state index contributed by atoms with van der Waals surface area (Å²) in [5.74, 6) is 0.454. The number of hydrogen-bond acceptors (Lipinski definition) is 2. The quantitative estimate of drug-likeness (QED) is 0.736. The maximum absolute atomic E-state index is 10.5. The molecule has 1 aliphatic rings. The fourth-order valence-corrected chi connectivity index (χ4v) is 2.73. The Bertz CT molecular complexity index is 153. The van der Waals surface area contributed by atoms with Crippen LogP contribution in [0.25, 0.3) is 0 Å². The van der Waals surface area contributed by atoms with E-state index in [1.807, 2.05) is 11.8 Å². The molecule has 2 atom stereocenters. The average Bonchev–Trinajstić information content (AvgIpc) is 2.51. The summed E-state index contributed by atoms with van der Waals surface area (Å²) in [6, 6.07) is 0. The predicted octanol–water partition coefficient (Wildman–Crippen LogP) is 2.38. The summed E-state index contributed by atoms with van der Waals surface area (Å²) in [6.45, 7) is 1.79. The zero-order chi connectivity index (χ0) is 8.97. The first-order chi connectivity index (χ1) is 5.70. The van der Waals surface area contributed by atoms with E-state index in [9.17, 15) is 4.79 Å². The summed E-state index contributed by atoms with van der Waals surface area (Å²) in [5.41, 5.74) is 0. The Labute approximate surface area is 77.7 Å².